The minimum absolute atomic E-state index is 0.576. The summed E-state index contributed by atoms with van der Waals surface area (Å²) >= 11 is 1.68. The summed E-state index contributed by atoms with van der Waals surface area (Å²) in [5, 5.41) is 0. The van der Waals surface area contributed by atoms with Crippen molar-refractivity contribution in [1.29, 1.82) is 0 Å². The Hall–Kier alpha value is -0.410. The van der Waals surface area contributed by atoms with Gasteiger partial charge in [-0.2, -0.15) is 0 Å². The minimum atomic E-state index is 0.576. The molecule has 2 nitrogen and oxygen atoms in total. The fourth-order valence-corrected chi connectivity index (χ4v) is 1.49. The number of nitrogens with zero attached hydrogens (tertiary/aromatic N) is 1. The van der Waals surface area contributed by atoms with Gasteiger partial charge in [0, 0.05) is 11.4 Å². The molecule has 0 aliphatic rings. The number of aryl methyl sites for hydroxylation is 1. The van der Waals surface area contributed by atoms with Gasteiger partial charge in [-0.3, -0.25) is 0 Å². The van der Waals surface area contributed by atoms with Crippen LogP contribution in [0, 0.1) is 0 Å². The lowest BCUT2D eigenvalue weighted by molar-refractivity contribution is 0.971. The van der Waals surface area contributed by atoms with Crippen molar-refractivity contribution >= 4 is 11.3 Å². The molecule has 1 aromatic rings. The van der Waals surface area contributed by atoms with Gasteiger partial charge in [0.05, 0.1) is 11.2 Å². The monoisotopic (exact) mass is 142 g/mol. The molecule has 9 heavy (non-hydrogen) atoms. The van der Waals surface area contributed by atoms with E-state index < -0.39 is 0 Å². The molecule has 0 saturated heterocycles. The van der Waals surface area contributed by atoms with E-state index in [9.17, 15) is 0 Å². The molecule has 0 saturated carbocycles. The Balaban J connectivity index is 2.85. The quantitative estimate of drug-likeness (QED) is 0.673. The van der Waals surface area contributed by atoms with Gasteiger partial charge in [-0.1, -0.05) is 6.92 Å². The first kappa shape index (κ1) is 6.71. The van der Waals surface area contributed by atoms with Gasteiger partial charge in [0.1, 0.15) is 0 Å². The van der Waals surface area contributed by atoms with E-state index in [0.717, 1.165) is 12.1 Å². The van der Waals surface area contributed by atoms with Gasteiger partial charge in [0.25, 0.3) is 0 Å². The van der Waals surface area contributed by atoms with Crippen molar-refractivity contribution in [2.45, 2.75) is 19.9 Å². The number of hydrogen-bond acceptors (Lipinski definition) is 3. The van der Waals surface area contributed by atoms with Crippen molar-refractivity contribution in [3.05, 3.63) is 16.1 Å². The van der Waals surface area contributed by atoms with E-state index in [1.807, 2.05) is 5.51 Å². The molecule has 1 heterocycles. The van der Waals surface area contributed by atoms with Gasteiger partial charge in [0.15, 0.2) is 0 Å². The second kappa shape index (κ2) is 2.94. The van der Waals surface area contributed by atoms with Gasteiger partial charge in [-0.15, -0.1) is 11.3 Å². The number of aromatic nitrogens is 1. The fourth-order valence-electron chi connectivity index (χ4n) is 0.748. The van der Waals surface area contributed by atoms with Crippen LogP contribution in [0.15, 0.2) is 5.51 Å². The molecule has 0 unspecified atom stereocenters. The smallest absolute Gasteiger partial charge is 0.0798 e. The highest BCUT2D eigenvalue weighted by Gasteiger charge is 1.99. The maximum absolute atomic E-state index is 5.41. The highest BCUT2D eigenvalue weighted by Crippen LogP contribution is 2.12. The number of rotatable bonds is 2. The molecule has 0 amide bonds. The second-order valence-corrected chi connectivity index (χ2v) is 2.72. The second-order valence-electron chi connectivity index (χ2n) is 1.78. The third-order valence-electron chi connectivity index (χ3n) is 1.24. The number of nitrogens with two attached hydrogens (primary N) is 1. The van der Waals surface area contributed by atoms with Crippen LogP contribution in [0.1, 0.15) is 17.5 Å². The van der Waals surface area contributed by atoms with Gasteiger partial charge >= 0.3 is 0 Å². The Bertz CT molecular complexity index is 164. The first-order chi connectivity index (χ1) is 4.38. The highest BCUT2D eigenvalue weighted by atomic mass is 32.1. The molecule has 1 rings (SSSR count). The Kier molecular flexibility index (Phi) is 2.19. The zero-order valence-corrected chi connectivity index (χ0v) is 6.24. The third kappa shape index (κ3) is 1.28. The molecule has 0 fully saturated rings. The molecular formula is C6H10N2S. The third-order valence-corrected chi connectivity index (χ3v) is 2.26. The zero-order chi connectivity index (χ0) is 6.69. The summed E-state index contributed by atoms with van der Waals surface area (Å²) in [5.74, 6) is 0. The van der Waals surface area contributed by atoms with Crippen LogP contribution < -0.4 is 5.73 Å². The molecular weight excluding hydrogens is 132 g/mol. The molecule has 1 aromatic heterocycles. The molecule has 0 spiro atoms. The Morgan fingerprint density at radius 2 is 2.56 bits per heavy atom. The molecule has 0 aromatic carbocycles. The van der Waals surface area contributed by atoms with E-state index in [-0.39, 0.29) is 0 Å². The van der Waals surface area contributed by atoms with Crippen LogP contribution in [0.25, 0.3) is 0 Å². The predicted octanol–water partition coefficient (Wildman–Crippen LogP) is 1.16. The van der Waals surface area contributed by atoms with Crippen molar-refractivity contribution in [2.75, 3.05) is 0 Å². The maximum atomic E-state index is 5.41. The van der Waals surface area contributed by atoms with Gasteiger partial charge in [-0.25, -0.2) is 4.98 Å². The van der Waals surface area contributed by atoms with Crippen molar-refractivity contribution in [1.82, 2.24) is 4.98 Å². The van der Waals surface area contributed by atoms with E-state index in [4.69, 9.17) is 5.73 Å². The maximum Gasteiger partial charge on any atom is 0.0798 e. The molecule has 0 atom stereocenters. The minimum Gasteiger partial charge on any atom is -0.325 e. The summed E-state index contributed by atoms with van der Waals surface area (Å²) in [4.78, 5) is 5.42. The van der Waals surface area contributed by atoms with Crippen molar-refractivity contribution in [3.8, 4) is 0 Å². The largest absolute Gasteiger partial charge is 0.325 e. The van der Waals surface area contributed by atoms with Crippen molar-refractivity contribution in [2.24, 2.45) is 5.73 Å². The lowest BCUT2D eigenvalue weighted by atomic mass is 10.3. The lowest BCUT2D eigenvalue weighted by Gasteiger charge is -1.91. The Labute approximate surface area is 58.7 Å². The summed E-state index contributed by atoms with van der Waals surface area (Å²) in [7, 11) is 0. The first-order valence-electron chi connectivity index (χ1n) is 2.99. The van der Waals surface area contributed by atoms with Gasteiger partial charge < -0.3 is 5.73 Å². The average Bonchev–Trinajstić information content (AvgIpc) is 2.33. The van der Waals surface area contributed by atoms with Crippen LogP contribution in [-0.4, -0.2) is 4.98 Å². The molecule has 0 bridgehead atoms. The van der Waals surface area contributed by atoms with Crippen molar-refractivity contribution < 1.29 is 0 Å². The molecule has 2 N–H and O–H groups in total. The molecule has 3 heteroatoms. The van der Waals surface area contributed by atoms with E-state index >= 15 is 0 Å². The molecule has 50 valence electrons. The standard InChI is InChI=1S/C6H10N2S/c1-2-6-5(3-7)8-4-9-6/h4H,2-3,7H2,1H3. The van der Waals surface area contributed by atoms with Crippen LogP contribution in [0.5, 0.6) is 0 Å². The molecule has 0 aliphatic carbocycles. The predicted molar refractivity (Wildman–Crippen MR) is 39.4 cm³/mol. The van der Waals surface area contributed by atoms with Crippen LogP contribution in [0.3, 0.4) is 0 Å². The summed E-state index contributed by atoms with van der Waals surface area (Å²) in [5.41, 5.74) is 8.32. The van der Waals surface area contributed by atoms with E-state index in [1.165, 1.54) is 4.88 Å². The number of hydrogen-bond donors (Lipinski definition) is 1. The van der Waals surface area contributed by atoms with Crippen LogP contribution in [0.2, 0.25) is 0 Å². The van der Waals surface area contributed by atoms with Gasteiger partial charge in [-0.05, 0) is 6.42 Å². The Morgan fingerprint density at radius 1 is 1.78 bits per heavy atom. The first-order valence-corrected chi connectivity index (χ1v) is 3.87. The lowest BCUT2D eigenvalue weighted by Crippen LogP contribution is -1.98. The molecule has 0 radical (unpaired) electrons. The van der Waals surface area contributed by atoms with Crippen LogP contribution >= 0.6 is 11.3 Å². The van der Waals surface area contributed by atoms with Crippen LogP contribution in [-0.2, 0) is 13.0 Å². The van der Waals surface area contributed by atoms with Crippen molar-refractivity contribution in [3.63, 3.8) is 0 Å². The fraction of sp³-hybridized carbons (Fsp3) is 0.500. The topological polar surface area (TPSA) is 38.9 Å². The van der Waals surface area contributed by atoms with E-state index in [0.29, 0.717) is 6.54 Å². The summed E-state index contributed by atoms with van der Waals surface area (Å²) in [6.45, 7) is 2.69. The average molecular weight is 142 g/mol. The normalized spacial score (nSPS) is 10.0. The van der Waals surface area contributed by atoms with Gasteiger partial charge in [0.2, 0.25) is 0 Å². The van der Waals surface area contributed by atoms with E-state index in [2.05, 4.69) is 11.9 Å². The zero-order valence-electron chi connectivity index (χ0n) is 5.42. The summed E-state index contributed by atoms with van der Waals surface area (Å²) in [6.07, 6.45) is 1.05. The van der Waals surface area contributed by atoms with E-state index in [1.54, 1.807) is 11.3 Å². The SMILES string of the molecule is CCc1scnc1CN. The summed E-state index contributed by atoms with van der Waals surface area (Å²) in [6, 6.07) is 0. The number of thiazole rings is 1. The Morgan fingerprint density at radius 3 is 3.00 bits per heavy atom. The summed E-state index contributed by atoms with van der Waals surface area (Å²) < 4.78 is 0. The van der Waals surface area contributed by atoms with Crippen LogP contribution in [0.4, 0.5) is 0 Å². The highest BCUT2D eigenvalue weighted by molar-refractivity contribution is 7.09. The molecule has 0 aliphatic heterocycles.